The van der Waals surface area contributed by atoms with Crippen LogP contribution in [-0.2, 0) is 19.1 Å². The van der Waals surface area contributed by atoms with Gasteiger partial charge in [-0.15, -0.1) is 0 Å². The van der Waals surface area contributed by atoms with Crippen molar-refractivity contribution in [2.75, 3.05) is 6.61 Å². The molecule has 0 bridgehead atoms. The zero-order chi connectivity index (χ0) is 12.3. The van der Waals surface area contributed by atoms with Crippen molar-refractivity contribution in [1.29, 1.82) is 0 Å². The molecular weight excluding hydrogens is 218 g/mol. The minimum Gasteiger partial charge on any atom is -0.460 e. The quantitative estimate of drug-likeness (QED) is 0.379. The zero-order valence-corrected chi connectivity index (χ0v) is 9.04. The second-order valence-corrected chi connectivity index (χ2v) is 3.84. The first-order chi connectivity index (χ1) is 7.41. The lowest BCUT2D eigenvalue weighted by Crippen LogP contribution is -2.21. The third-order valence-electron chi connectivity index (χ3n) is 2.03. The number of nitrogens with zero attached hydrogens (tertiary/aromatic N) is 1. The minimum absolute atomic E-state index is 0.186. The highest BCUT2D eigenvalue weighted by Crippen LogP contribution is 2.33. The highest BCUT2D eigenvalue weighted by atomic mass is 16.6. The molecule has 1 fully saturated rings. The van der Waals surface area contributed by atoms with E-state index in [9.17, 15) is 19.7 Å². The molecule has 0 heterocycles. The summed E-state index contributed by atoms with van der Waals surface area (Å²) < 4.78 is 9.32. The molecule has 1 saturated carbocycles. The molecule has 0 saturated heterocycles. The maximum Gasteiger partial charge on any atom is 0.344 e. The molecule has 1 aliphatic carbocycles. The van der Waals surface area contributed by atoms with Crippen LogP contribution in [0.5, 0.6) is 0 Å². The van der Waals surface area contributed by atoms with Crippen LogP contribution in [0.15, 0.2) is 0 Å². The number of nitro groups is 1. The Kier molecular flexibility index (Phi) is 3.81. The smallest absolute Gasteiger partial charge is 0.344 e. The molecule has 2 atom stereocenters. The van der Waals surface area contributed by atoms with Gasteiger partial charge in [-0.2, -0.15) is 0 Å². The van der Waals surface area contributed by atoms with E-state index in [2.05, 4.69) is 4.74 Å². The van der Waals surface area contributed by atoms with E-state index in [0.29, 0.717) is 0 Å². The van der Waals surface area contributed by atoms with Gasteiger partial charge in [0, 0.05) is 11.3 Å². The third kappa shape index (κ3) is 3.48. The molecule has 16 heavy (non-hydrogen) atoms. The molecule has 7 heteroatoms. The number of ether oxygens (including phenoxy) is 2. The largest absolute Gasteiger partial charge is 0.460 e. The molecule has 0 amide bonds. The van der Waals surface area contributed by atoms with Crippen LogP contribution in [0.1, 0.15) is 20.3 Å². The van der Waals surface area contributed by atoms with Gasteiger partial charge in [0.2, 0.25) is 6.04 Å². The van der Waals surface area contributed by atoms with Gasteiger partial charge in [-0.05, 0) is 13.8 Å². The van der Waals surface area contributed by atoms with E-state index in [1.807, 2.05) is 0 Å². The molecule has 0 aliphatic heterocycles. The Bertz CT molecular complexity index is 313. The second kappa shape index (κ2) is 4.91. The van der Waals surface area contributed by atoms with Gasteiger partial charge in [-0.1, -0.05) is 0 Å². The van der Waals surface area contributed by atoms with Gasteiger partial charge in [-0.3, -0.25) is 14.9 Å². The van der Waals surface area contributed by atoms with Crippen molar-refractivity contribution in [2.24, 2.45) is 5.92 Å². The van der Waals surface area contributed by atoms with E-state index in [-0.39, 0.29) is 12.5 Å². The highest BCUT2D eigenvalue weighted by molar-refractivity contribution is 5.80. The minimum atomic E-state index is -0.853. The van der Waals surface area contributed by atoms with E-state index in [0.717, 1.165) is 0 Å². The van der Waals surface area contributed by atoms with E-state index in [4.69, 9.17) is 4.74 Å². The van der Waals surface area contributed by atoms with E-state index in [1.165, 1.54) is 0 Å². The summed E-state index contributed by atoms with van der Waals surface area (Å²) in [6, 6.07) is -0.853. The summed E-state index contributed by atoms with van der Waals surface area (Å²) >= 11 is 0. The number of hydrogen-bond donors (Lipinski definition) is 0. The molecule has 90 valence electrons. The van der Waals surface area contributed by atoms with Gasteiger partial charge in [0.15, 0.2) is 6.61 Å². The van der Waals surface area contributed by atoms with E-state index >= 15 is 0 Å². The Balaban J connectivity index is 2.22. The van der Waals surface area contributed by atoms with Crippen LogP contribution in [0.3, 0.4) is 0 Å². The van der Waals surface area contributed by atoms with Gasteiger partial charge < -0.3 is 9.47 Å². The lowest BCUT2D eigenvalue weighted by atomic mass is 10.4. The normalized spacial score (nSPS) is 22.7. The van der Waals surface area contributed by atoms with Crippen molar-refractivity contribution in [3.8, 4) is 0 Å². The van der Waals surface area contributed by atoms with Crippen molar-refractivity contribution in [3.05, 3.63) is 10.1 Å². The standard InChI is InChI=1S/C9H13NO6/c1-5(2)16-8(11)4-15-9(12)6-3-7(6)10(13)14/h5-7H,3-4H2,1-2H3. The molecule has 0 spiro atoms. The van der Waals surface area contributed by atoms with Crippen LogP contribution in [0.25, 0.3) is 0 Å². The first-order valence-electron chi connectivity index (χ1n) is 4.91. The number of rotatable bonds is 5. The average Bonchev–Trinajstić information content (AvgIpc) is 2.92. The van der Waals surface area contributed by atoms with Gasteiger partial charge >= 0.3 is 11.9 Å². The molecule has 0 aromatic heterocycles. The fraction of sp³-hybridized carbons (Fsp3) is 0.778. The van der Waals surface area contributed by atoms with Gasteiger partial charge in [0.1, 0.15) is 5.92 Å². The van der Waals surface area contributed by atoms with Crippen molar-refractivity contribution in [3.63, 3.8) is 0 Å². The number of carbonyl (C=O) groups is 2. The lowest BCUT2D eigenvalue weighted by molar-refractivity contribution is -0.497. The summed E-state index contributed by atoms with van der Waals surface area (Å²) in [5, 5.41) is 10.3. The van der Waals surface area contributed by atoms with Crippen LogP contribution >= 0.6 is 0 Å². The number of esters is 2. The molecular formula is C9H13NO6. The molecule has 0 aromatic carbocycles. The van der Waals surface area contributed by atoms with Crippen molar-refractivity contribution in [1.82, 2.24) is 0 Å². The van der Waals surface area contributed by atoms with Crippen molar-refractivity contribution >= 4 is 11.9 Å². The molecule has 2 unspecified atom stereocenters. The summed E-state index contributed by atoms with van der Waals surface area (Å²) in [4.78, 5) is 31.9. The van der Waals surface area contributed by atoms with Crippen LogP contribution in [0.2, 0.25) is 0 Å². The van der Waals surface area contributed by atoms with Gasteiger partial charge in [0.05, 0.1) is 6.10 Å². The summed E-state index contributed by atoms with van der Waals surface area (Å²) in [7, 11) is 0. The maximum atomic E-state index is 11.2. The monoisotopic (exact) mass is 231 g/mol. The summed E-state index contributed by atoms with van der Waals surface area (Å²) in [5.74, 6) is -2.06. The molecule has 0 aromatic rings. The van der Waals surface area contributed by atoms with Crippen LogP contribution < -0.4 is 0 Å². The topological polar surface area (TPSA) is 95.7 Å². The average molecular weight is 231 g/mol. The van der Waals surface area contributed by atoms with E-state index < -0.39 is 35.4 Å². The predicted octanol–water partition coefficient (Wildman–Crippen LogP) is 0.146. The van der Waals surface area contributed by atoms with E-state index in [1.54, 1.807) is 13.8 Å². The predicted molar refractivity (Wildman–Crippen MR) is 51.1 cm³/mol. The van der Waals surface area contributed by atoms with Crippen LogP contribution in [0.4, 0.5) is 0 Å². The molecule has 0 radical (unpaired) electrons. The van der Waals surface area contributed by atoms with Gasteiger partial charge in [0.25, 0.3) is 0 Å². The van der Waals surface area contributed by atoms with Crippen molar-refractivity contribution < 1.29 is 24.0 Å². The molecule has 0 N–H and O–H groups in total. The summed E-state index contributed by atoms with van der Waals surface area (Å²) in [6.45, 7) is 2.85. The summed E-state index contributed by atoms with van der Waals surface area (Å²) in [5.41, 5.74) is 0. The molecule has 1 rings (SSSR count). The number of hydrogen-bond acceptors (Lipinski definition) is 6. The lowest BCUT2D eigenvalue weighted by Gasteiger charge is -2.07. The fourth-order valence-electron chi connectivity index (χ4n) is 1.20. The van der Waals surface area contributed by atoms with Crippen LogP contribution in [-0.4, -0.2) is 35.6 Å². The maximum absolute atomic E-state index is 11.2. The zero-order valence-electron chi connectivity index (χ0n) is 9.04. The van der Waals surface area contributed by atoms with Gasteiger partial charge in [-0.25, -0.2) is 4.79 Å². The molecule has 1 aliphatic rings. The van der Waals surface area contributed by atoms with Crippen molar-refractivity contribution in [2.45, 2.75) is 32.4 Å². The SMILES string of the molecule is CC(C)OC(=O)COC(=O)C1CC1[N+](=O)[O-]. The second-order valence-electron chi connectivity index (χ2n) is 3.84. The highest BCUT2D eigenvalue weighted by Gasteiger charge is 2.54. The Hall–Kier alpha value is -1.66. The Labute approximate surface area is 91.9 Å². The number of carbonyl (C=O) groups excluding carboxylic acids is 2. The molecule has 7 nitrogen and oxygen atoms in total. The fourth-order valence-corrected chi connectivity index (χ4v) is 1.20. The third-order valence-corrected chi connectivity index (χ3v) is 2.03. The first-order valence-corrected chi connectivity index (χ1v) is 4.91. The Morgan fingerprint density at radius 3 is 2.56 bits per heavy atom. The van der Waals surface area contributed by atoms with Crippen LogP contribution in [0, 0.1) is 16.0 Å². The Morgan fingerprint density at radius 2 is 2.12 bits per heavy atom. The first kappa shape index (κ1) is 12.4. The summed E-state index contributed by atoms with van der Waals surface area (Å²) in [6.07, 6.45) is -0.0935. The Morgan fingerprint density at radius 1 is 1.50 bits per heavy atom.